The van der Waals surface area contributed by atoms with Gasteiger partial charge < -0.3 is 4.57 Å². The van der Waals surface area contributed by atoms with Gasteiger partial charge in [-0.15, -0.1) is 0 Å². The minimum absolute atomic E-state index is 0.729. The molecule has 0 saturated carbocycles. The number of carbonyl (C=O) groups excluding carboxylic acids is 1. The van der Waals surface area contributed by atoms with Crippen LogP contribution in [0.25, 0.3) is 16.6 Å². The fraction of sp³-hybridized carbons (Fsp3) is 0.0625. The molecule has 88 valence electrons. The molecule has 0 atom stereocenters. The van der Waals surface area contributed by atoms with E-state index < -0.39 is 0 Å². The van der Waals surface area contributed by atoms with Crippen LogP contribution >= 0.6 is 0 Å². The van der Waals surface area contributed by atoms with Crippen molar-refractivity contribution in [1.82, 2.24) is 4.57 Å². The standard InChI is InChI=1S/C16H13NO/c1-12-5-4-6-14(9-12)17-10-13(11-18)15-7-2-3-8-16(15)17/h2-11H,1H3. The van der Waals surface area contributed by atoms with E-state index in [0.29, 0.717) is 0 Å². The molecule has 0 spiro atoms. The smallest absolute Gasteiger partial charge is 0.152 e. The molecular weight excluding hydrogens is 222 g/mol. The van der Waals surface area contributed by atoms with E-state index in [-0.39, 0.29) is 0 Å². The Kier molecular flexibility index (Phi) is 2.49. The molecule has 1 aromatic heterocycles. The van der Waals surface area contributed by atoms with Crippen LogP contribution in [0.1, 0.15) is 15.9 Å². The van der Waals surface area contributed by atoms with Gasteiger partial charge >= 0.3 is 0 Å². The van der Waals surface area contributed by atoms with Crippen LogP contribution in [0.4, 0.5) is 0 Å². The molecule has 3 rings (SSSR count). The zero-order valence-electron chi connectivity index (χ0n) is 10.1. The fourth-order valence-electron chi connectivity index (χ4n) is 2.29. The molecule has 2 nitrogen and oxygen atoms in total. The van der Waals surface area contributed by atoms with Crippen LogP contribution in [0, 0.1) is 6.92 Å². The number of benzene rings is 2. The van der Waals surface area contributed by atoms with E-state index in [1.54, 1.807) is 0 Å². The second-order valence-corrected chi connectivity index (χ2v) is 4.43. The molecule has 0 N–H and O–H groups in total. The molecule has 1 heterocycles. The summed E-state index contributed by atoms with van der Waals surface area (Å²) in [6, 6.07) is 16.2. The summed E-state index contributed by atoms with van der Waals surface area (Å²) in [5, 5.41) is 0.994. The molecule has 0 radical (unpaired) electrons. The minimum atomic E-state index is 0.729. The van der Waals surface area contributed by atoms with Crippen LogP contribution in [0.3, 0.4) is 0 Å². The Hall–Kier alpha value is -2.35. The highest BCUT2D eigenvalue weighted by Crippen LogP contribution is 2.24. The maximum atomic E-state index is 11.1. The molecule has 0 fully saturated rings. The van der Waals surface area contributed by atoms with Crippen molar-refractivity contribution in [2.45, 2.75) is 6.92 Å². The quantitative estimate of drug-likeness (QED) is 0.620. The molecular formula is C16H13NO. The van der Waals surface area contributed by atoms with Gasteiger partial charge in [-0.1, -0.05) is 30.3 Å². The first-order chi connectivity index (χ1) is 8.79. The summed E-state index contributed by atoms with van der Waals surface area (Å²) in [6.07, 6.45) is 2.81. The summed E-state index contributed by atoms with van der Waals surface area (Å²) in [6.45, 7) is 2.07. The Morgan fingerprint density at radius 2 is 1.89 bits per heavy atom. The number of rotatable bonds is 2. The Balaban J connectivity index is 2.33. The van der Waals surface area contributed by atoms with E-state index >= 15 is 0 Å². The average Bonchev–Trinajstić information content (AvgIpc) is 2.77. The maximum Gasteiger partial charge on any atom is 0.152 e. The van der Waals surface area contributed by atoms with Crippen molar-refractivity contribution in [3.05, 3.63) is 65.9 Å². The first-order valence-electron chi connectivity index (χ1n) is 5.92. The van der Waals surface area contributed by atoms with E-state index in [1.807, 2.05) is 42.6 Å². The second kappa shape index (κ2) is 4.15. The van der Waals surface area contributed by atoms with Crippen LogP contribution in [-0.4, -0.2) is 10.9 Å². The van der Waals surface area contributed by atoms with Crippen LogP contribution in [-0.2, 0) is 0 Å². The predicted molar refractivity (Wildman–Crippen MR) is 73.4 cm³/mol. The fourth-order valence-corrected chi connectivity index (χ4v) is 2.29. The summed E-state index contributed by atoms with van der Waals surface area (Å²) in [7, 11) is 0. The SMILES string of the molecule is Cc1cccc(-n2cc(C=O)c3ccccc32)c1. The van der Waals surface area contributed by atoms with Gasteiger partial charge in [0.05, 0.1) is 5.52 Å². The second-order valence-electron chi connectivity index (χ2n) is 4.43. The monoisotopic (exact) mass is 235 g/mol. The van der Waals surface area contributed by atoms with Gasteiger partial charge in [-0.25, -0.2) is 0 Å². The highest BCUT2D eigenvalue weighted by atomic mass is 16.1. The zero-order valence-corrected chi connectivity index (χ0v) is 10.1. The topological polar surface area (TPSA) is 22.0 Å². The lowest BCUT2D eigenvalue weighted by molar-refractivity contribution is 0.112. The van der Waals surface area contributed by atoms with Crippen molar-refractivity contribution in [1.29, 1.82) is 0 Å². The van der Waals surface area contributed by atoms with Gasteiger partial charge in [0.2, 0.25) is 0 Å². The van der Waals surface area contributed by atoms with Gasteiger partial charge in [-0.05, 0) is 30.7 Å². The number of aromatic nitrogens is 1. The van der Waals surface area contributed by atoms with Gasteiger partial charge in [-0.3, -0.25) is 4.79 Å². The van der Waals surface area contributed by atoms with Crippen LogP contribution < -0.4 is 0 Å². The molecule has 3 aromatic rings. The molecule has 0 bridgehead atoms. The number of nitrogens with zero attached hydrogens (tertiary/aromatic N) is 1. The molecule has 0 amide bonds. The lowest BCUT2D eigenvalue weighted by atomic mass is 10.2. The number of fused-ring (bicyclic) bond motifs is 1. The number of hydrogen-bond donors (Lipinski definition) is 0. The highest BCUT2D eigenvalue weighted by Gasteiger charge is 2.08. The summed E-state index contributed by atoms with van der Waals surface area (Å²) < 4.78 is 2.06. The molecule has 0 aliphatic heterocycles. The van der Waals surface area contributed by atoms with Crippen molar-refractivity contribution >= 4 is 17.2 Å². The summed E-state index contributed by atoms with van der Waals surface area (Å²) in [5.41, 5.74) is 4.08. The predicted octanol–water partition coefficient (Wildman–Crippen LogP) is 3.75. The number of carbonyl (C=O) groups is 1. The summed E-state index contributed by atoms with van der Waals surface area (Å²) in [5.74, 6) is 0. The highest BCUT2D eigenvalue weighted by molar-refractivity contribution is 5.98. The van der Waals surface area contributed by atoms with Crippen molar-refractivity contribution in [2.24, 2.45) is 0 Å². The third-order valence-corrected chi connectivity index (χ3v) is 3.15. The Bertz CT molecular complexity index is 725. The van der Waals surface area contributed by atoms with Crippen molar-refractivity contribution < 1.29 is 4.79 Å². The van der Waals surface area contributed by atoms with E-state index in [2.05, 4.69) is 23.6 Å². The van der Waals surface area contributed by atoms with E-state index in [9.17, 15) is 4.79 Å². The molecule has 0 aliphatic carbocycles. The van der Waals surface area contributed by atoms with E-state index in [0.717, 1.165) is 28.4 Å². The van der Waals surface area contributed by atoms with Gasteiger partial charge in [0.25, 0.3) is 0 Å². The van der Waals surface area contributed by atoms with Crippen molar-refractivity contribution in [3.63, 3.8) is 0 Å². The number of aryl methyl sites for hydroxylation is 1. The van der Waals surface area contributed by atoms with Crippen molar-refractivity contribution in [2.75, 3.05) is 0 Å². The molecule has 0 aliphatic rings. The molecule has 0 unspecified atom stereocenters. The van der Waals surface area contributed by atoms with E-state index in [1.165, 1.54) is 5.56 Å². The minimum Gasteiger partial charge on any atom is -0.316 e. The van der Waals surface area contributed by atoms with Crippen LogP contribution in [0.5, 0.6) is 0 Å². The summed E-state index contributed by atoms with van der Waals surface area (Å²) >= 11 is 0. The molecule has 0 saturated heterocycles. The normalized spacial score (nSPS) is 10.7. The first-order valence-corrected chi connectivity index (χ1v) is 5.92. The lowest BCUT2D eigenvalue weighted by Crippen LogP contribution is -1.91. The molecule has 2 aromatic carbocycles. The first kappa shape index (κ1) is 10.8. The summed E-state index contributed by atoms with van der Waals surface area (Å²) in [4.78, 5) is 11.1. The number of para-hydroxylation sites is 1. The van der Waals surface area contributed by atoms with Gasteiger partial charge in [0.15, 0.2) is 6.29 Å². The largest absolute Gasteiger partial charge is 0.316 e. The third kappa shape index (κ3) is 1.63. The number of hydrogen-bond acceptors (Lipinski definition) is 1. The zero-order chi connectivity index (χ0) is 12.5. The average molecular weight is 235 g/mol. The van der Waals surface area contributed by atoms with Crippen LogP contribution in [0.2, 0.25) is 0 Å². The Morgan fingerprint density at radius 1 is 1.06 bits per heavy atom. The molecule has 18 heavy (non-hydrogen) atoms. The third-order valence-electron chi connectivity index (χ3n) is 3.15. The van der Waals surface area contributed by atoms with E-state index in [4.69, 9.17) is 0 Å². The maximum absolute atomic E-state index is 11.1. The lowest BCUT2D eigenvalue weighted by Gasteiger charge is -2.05. The Labute approximate surface area is 105 Å². The van der Waals surface area contributed by atoms with Crippen LogP contribution in [0.15, 0.2) is 54.7 Å². The van der Waals surface area contributed by atoms with Gasteiger partial charge in [0, 0.05) is 22.8 Å². The van der Waals surface area contributed by atoms with Crippen molar-refractivity contribution in [3.8, 4) is 5.69 Å². The Morgan fingerprint density at radius 3 is 2.67 bits per heavy atom. The molecule has 2 heteroatoms. The van der Waals surface area contributed by atoms with Gasteiger partial charge in [0.1, 0.15) is 0 Å². The number of aldehydes is 1. The van der Waals surface area contributed by atoms with Gasteiger partial charge in [-0.2, -0.15) is 0 Å².